The van der Waals surface area contributed by atoms with Gasteiger partial charge in [0.05, 0.1) is 21.9 Å². The van der Waals surface area contributed by atoms with Crippen molar-refractivity contribution in [2.45, 2.75) is 82.3 Å². The minimum atomic E-state index is -4.56. The molecule has 5 aliphatic rings. The molecule has 0 saturated carbocycles. The van der Waals surface area contributed by atoms with Crippen LogP contribution in [0.3, 0.4) is 0 Å². The van der Waals surface area contributed by atoms with Crippen LogP contribution in [0.5, 0.6) is 11.5 Å². The number of nitro groups is 1. The fourth-order valence-corrected chi connectivity index (χ4v) is 11.2. The van der Waals surface area contributed by atoms with Crippen LogP contribution < -0.4 is 19.7 Å². The number of amides is 1. The second-order valence-corrected chi connectivity index (χ2v) is 21.1. The number of aliphatic imine (C=N–C) groups is 1. The van der Waals surface area contributed by atoms with Crippen LogP contribution in [-0.4, -0.2) is 106 Å². The number of piperidine rings is 1. The van der Waals surface area contributed by atoms with Gasteiger partial charge in [0.1, 0.15) is 17.2 Å². The Morgan fingerprint density at radius 3 is 2.44 bits per heavy atom. The molecule has 1 amide bonds. The predicted octanol–water partition coefficient (Wildman–Crippen LogP) is 8.93. The average molecular weight is 937 g/mol. The number of hydrogen-bond acceptors (Lipinski definition) is 12. The maximum Gasteiger partial charge on any atom is 0.293 e. The first-order valence-corrected chi connectivity index (χ1v) is 25.0. The summed E-state index contributed by atoms with van der Waals surface area (Å²) in [6.07, 6.45) is 8.55. The van der Waals surface area contributed by atoms with Gasteiger partial charge in [-0.1, -0.05) is 55.3 Å². The Kier molecular flexibility index (Phi) is 13.5. The van der Waals surface area contributed by atoms with E-state index in [1.807, 2.05) is 30.3 Å². The number of carbonyl (C=O) groups excluding carboxylic acids is 1. The van der Waals surface area contributed by atoms with Gasteiger partial charge in [-0.25, -0.2) is 13.1 Å². The second-order valence-electron chi connectivity index (χ2n) is 18.9. The van der Waals surface area contributed by atoms with Crippen LogP contribution in [0, 0.1) is 15.5 Å². The Balaban J connectivity index is 0.908. The van der Waals surface area contributed by atoms with Crippen LogP contribution >= 0.6 is 11.6 Å². The lowest BCUT2D eigenvalue weighted by atomic mass is 9.72. The van der Waals surface area contributed by atoms with Crippen LogP contribution in [0.15, 0.2) is 94.3 Å². The number of fused-ring (bicyclic) bond motifs is 1. The van der Waals surface area contributed by atoms with Crippen molar-refractivity contribution >= 4 is 56.4 Å². The molecule has 14 nitrogen and oxygen atoms in total. The minimum absolute atomic E-state index is 0.00438. The Hall–Kier alpha value is -5.32. The summed E-state index contributed by atoms with van der Waals surface area (Å²) in [6, 6.07) is 23.2. The Bertz CT molecular complexity index is 2630. The second kappa shape index (κ2) is 19.5. The largest absolute Gasteiger partial charge is 0.456 e. The third-order valence-electron chi connectivity index (χ3n) is 13.9. The van der Waals surface area contributed by atoms with E-state index in [4.69, 9.17) is 21.1 Å². The van der Waals surface area contributed by atoms with Gasteiger partial charge in [0.25, 0.3) is 21.6 Å². The van der Waals surface area contributed by atoms with Gasteiger partial charge in [0.2, 0.25) is 0 Å². The monoisotopic (exact) mass is 935 g/mol. The zero-order chi connectivity index (χ0) is 46.0. The molecule has 0 bridgehead atoms. The molecule has 4 heterocycles. The van der Waals surface area contributed by atoms with Crippen molar-refractivity contribution in [3.8, 4) is 11.5 Å². The number of carbonyl (C=O) groups is 1. The number of likely N-dealkylation sites (tertiary alicyclic amines) is 1. The lowest BCUT2D eigenvalue weighted by Gasteiger charge is -2.39. The third-order valence-corrected chi connectivity index (χ3v) is 15.5. The zero-order valence-electron chi connectivity index (χ0n) is 37.6. The van der Waals surface area contributed by atoms with Gasteiger partial charge < -0.3 is 24.6 Å². The molecule has 66 heavy (non-hydrogen) atoms. The number of ether oxygens (including phenoxy) is 2. The molecule has 0 radical (unpaired) electrons. The summed E-state index contributed by atoms with van der Waals surface area (Å²) < 4.78 is 41.9. The molecule has 9 rings (SSSR count). The number of anilines is 2. The summed E-state index contributed by atoms with van der Waals surface area (Å²) >= 11 is 6.26. The molecule has 3 saturated heterocycles. The molecule has 4 aromatic rings. The molecule has 3 fully saturated rings. The quantitative estimate of drug-likeness (QED) is 0.0974. The maximum atomic E-state index is 14.1. The van der Waals surface area contributed by atoms with E-state index in [0.29, 0.717) is 18.3 Å². The molecule has 1 aliphatic carbocycles. The summed E-state index contributed by atoms with van der Waals surface area (Å²) in [4.78, 5) is 37.0. The Labute approximate surface area is 392 Å². The number of rotatable bonds is 13. The topological polar surface area (TPSA) is 159 Å². The maximum absolute atomic E-state index is 14.1. The first-order chi connectivity index (χ1) is 31.8. The summed E-state index contributed by atoms with van der Waals surface area (Å²) in [7, 11) is -4.56. The number of nitro benzene ring substituents is 1. The average Bonchev–Trinajstić information content (AvgIpc) is 3.81. The Morgan fingerprint density at radius 1 is 0.939 bits per heavy atom. The van der Waals surface area contributed by atoms with E-state index in [-0.39, 0.29) is 34.1 Å². The molecule has 0 unspecified atom stereocenters. The molecule has 348 valence electrons. The van der Waals surface area contributed by atoms with Gasteiger partial charge in [0.15, 0.2) is 0 Å². The minimum Gasteiger partial charge on any atom is -0.456 e. The summed E-state index contributed by atoms with van der Waals surface area (Å²) in [5, 5.41) is 16.4. The lowest BCUT2D eigenvalue weighted by Crippen LogP contribution is -2.47. The van der Waals surface area contributed by atoms with Gasteiger partial charge in [-0.15, -0.1) is 0 Å². The van der Waals surface area contributed by atoms with E-state index in [0.717, 1.165) is 132 Å². The van der Waals surface area contributed by atoms with E-state index in [1.165, 1.54) is 28.8 Å². The first-order valence-electron chi connectivity index (χ1n) is 23.1. The SMILES string of the molecule is CC1(C)CCC(CN2CCN(c3ccc(C(=O)NS(=O)(=O)c4ccc(NC5CCN(C6CCOCC6)CC5)c([N+](=O)[O-])c4)c(Oc4cccc5c4C=NC5)c3)CC2)=C(c2ccc(Cl)cc2)C1. The van der Waals surface area contributed by atoms with Gasteiger partial charge in [-0.05, 0) is 110 Å². The highest BCUT2D eigenvalue weighted by Gasteiger charge is 2.32. The lowest BCUT2D eigenvalue weighted by molar-refractivity contribution is -0.384. The van der Waals surface area contributed by atoms with E-state index in [1.54, 1.807) is 24.4 Å². The molecule has 0 aromatic heterocycles. The number of allylic oxidation sites excluding steroid dienone is 1. The standard InChI is InChI=1S/C50H58ClN7O7S/c1-50(2)19-14-36(43(30-50)34-6-8-37(51)9-7-34)33-55-22-24-57(25-23-55)40-10-12-42(48(28-40)65-47-5-3-4-35-31-52-32-44(35)47)49(59)54-66(62,63)41-11-13-45(46(29-41)58(60)61)53-38-15-20-56(21-16-38)39-17-26-64-27-18-39/h3-13,28-29,32,38-39,53H,14-27,30-31,33H2,1-2H3,(H,54,59). The number of nitrogens with zero attached hydrogens (tertiary/aromatic N) is 5. The number of piperazine rings is 1. The van der Waals surface area contributed by atoms with Crippen LogP contribution in [0.25, 0.3) is 5.57 Å². The highest BCUT2D eigenvalue weighted by Crippen LogP contribution is 2.44. The van der Waals surface area contributed by atoms with Crippen molar-refractivity contribution in [3.63, 3.8) is 0 Å². The fourth-order valence-electron chi connectivity index (χ4n) is 10.1. The van der Waals surface area contributed by atoms with Crippen LogP contribution in [0.2, 0.25) is 5.02 Å². The van der Waals surface area contributed by atoms with Crippen LogP contribution in [-0.2, 0) is 21.3 Å². The fraction of sp³-hybridized carbons (Fsp3) is 0.440. The Morgan fingerprint density at radius 2 is 1.70 bits per heavy atom. The van der Waals surface area contributed by atoms with E-state index in [2.05, 4.69) is 55.7 Å². The summed E-state index contributed by atoms with van der Waals surface area (Å²) in [6.45, 7) is 12.5. The van der Waals surface area contributed by atoms with Crippen molar-refractivity contribution < 1.29 is 27.6 Å². The zero-order valence-corrected chi connectivity index (χ0v) is 39.2. The molecule has 16 heteroatoms. The van der Waals surface area contributed by atoms with Gasteiger partial charge in [0, 0.05) is 106 Å². The van der Waals surface area contributed by atoms with Crippen molar-refractivity contribution in [1.82, 2.24) is 14.5 Å². The first kappa shape index (κ1) is 45.8. The summed E-state index contributed by atoms with van der Waals surface area (Å²) in [5.41, 5.74) is 6.80. The highest BCUT2D eigenvalue weighted by molar-refractivity contribution is 7.90. The number of nitrogens with one attached hydrogen (secondary N) is 2. The molecule has 2 N–H and O–H groups in total. The third kappa shape index (κ3) is 10.5. The smallest absolute Gasteiger partial charge is 0.293 e. The predicted molar refractivity (Wildman–Crippen MR) is 259 cm³/mol. The molecular weight excluding hydrogens is 878 g/mol. The van der Waals surface area contributed by atoms with Gasteiger partial charge in [-0.3, -0.25) is 24.8 Å². The van der Waals surface area contributed by atoms with Crippen molar-refractivity contribution in [2.24, 2.45) is 10.4 Å². The van der Waals surface area contributed by atoms with E-state index >= 15 is 0 Å². The van der Waals surface area contributed by atoms with Crippen molar-refractivity contribution in [2.75, 3.05) is 69.2 Å². The van der Waals surface area contributed by atoms with Crippen molar-refractivity contribution in [1.29, 1.82) is 0 Å². The van der Waals surface area contributed by atoms with Crippen LogP contribution in [0.4, 0.5) is 17.1 Å². The molecule has 4 aliphatic heterocycles. The summed E-state index contributed by atoms with van der Waals surface area (Å²) in [5.74, 6) is -0.266. The number of halogens is 1. The molecular formula is C50H58ClN7O7S. The molecule has 4 aromatic carbocycles. The molecule has 0 spiro atoms. The van der Waals surface area contributed by atoms with Crippen LogP contribution in [0.1, 0.15) is 85.8 Å². The van der Waals surface area contributed by atoms with Gasteiger partial charge >= 0.3 is 0 Å². The van der Waals surface area contributed by atoms with E-state index < -0.39 is 25.7 Å². The molecule has 0 atom stereocenters. The number of hydrogen-bond donors (Lipinski definition) is 2. The highest BCUT2D eigenvalue weighted by atomic mass is 35.5. The van der Waals surface area contributed by atoms with Gasteiger partial charge in [-0.2, -0.15) is 0 Å². The van der Waals surface area contributed by atoms with E-state index in [9.17, 15) is 23.3 Å². The normalized spacial score (nSPS) is 19.7. The van der Waals surface area contributed by atoms with Crippen molar-refractivity contribution in [3.05, 3.63) is 122 Å². The number of sulfonamides is 1. The number of benzene rings is 4.